The molecule has 186 valence electrons. The quantitative estimate of drug-likeness (QED) is 0.268. The number of fused-ring (bicyclic) bond motifs is 3. The highest BCUT2D eigenvalue weighted by atomic mass is 35.5. The van der Waals surface area contributed by atoms with Crippen LogP contribution in [0.15, 0.2) is 67.0 Å². The molecular weight excluding hydrogens is 478 g/mol. The number of ether oxygens (including phenoxy) is 2. The normalized spacial score (nSPS) is 15.0. The molecule has 0 bridgehead atoms. The second-order valence-corrected chi connectivity index (χ2v) is 9.00. The van der Waals surface area contributed by atoms with Crippen LogP contribution in [0.2, 0.25) is 5.02 Å². The lowest BCUT2D eigenvalue weighted by Crippen LogP contribution is -2.41. The molecule has 1 aliphatic rings. The SMILES string of the molecule is CCOC(=O)N1CCc2c([nH]c3ccc(Cl)cc23)C1c1ccc(OCCN(N)c2ccncc2)cc1. The van der Waals surface area contributed by atoms with Gasteiger partial charge in [-0.2, -0.15) is 0 Å². The fraction of sp³-hybridized carbons (Fsp3) is 0.259. The third-order valence-corrected chi connectivity index (χ3v) is 6.62. The van der Waals surface area contributed by atoms with E-state index in [1.54, 1.807) is 22.3 Å². The standard InChI is InChI=1S/C27H28ClN5O3/c1-2-35-27(34)32-14-11-22-23-17-19(28)5-8-24(23)31-25(22)26(32)18-3-6-21(7-4-18)36-16-15-33(29)20-9-12-30-13-10-20/h3-10,12-13,17,26,31H,2,11,14-16,29H2,1H3. The topological polar surface area (TPSA) is 96.7 Å². The summed E-state index contributed by atoms with van der Waals surface area (Å²) in [5.41, 5.74) is 5.00. The number of amides is 1. The van der Waals surface area contributed by atoms with E-state index in [-0.39, 0.29) is 12.1 Å². The number of rotatable bonds is 7. The average molecular weight is 506 g/mol. The Labute approximate surface area is 214 Å². The maximum atomic E-state index is 12.9. The van der Waals surface area contributed by atoms with Crippen molar-refractivity contribution in [3.8, 4) is 5.75 Å². The Bertz CT molecular complexity index is 1340. The number of carbonyl (C=O) groups excluding carboxylic acids is 1. The van der Waals surface area contributed by atoms with E-state index in [2.05, 4.69) is 9.97 Å². The van der Waals surface area contributed by atoms with Crippen LogP contribution in [-0.2, 0) is 11.2 Å². The van der Waals surface area contributed by atoms with E-state index in [1.165, 1.54) is 5.56 Å². The van der Waals surface area contributed by atoms with Gasteiger partial charge in [0.15, 0.2) is 0 Å². The van der Waals surface area contributed by atoms with Gasteiger partial charge >= 0.3 is 6.09 Å². The Morgan fingerprint density at radius 1 is 1.19 bits per heavy atom. The zero-order chi connectivity index (χ0) is 25.1. The maximum Gasteiger partial charge on any atom is 0.410 e. The molecule has 1 atom stereocenters. The Hall–Kier alpha value is -3.75. The third-order valence-electron chi connectivity index (χ3n) is 6.38. The van der Waals surface area contributed by atoms with Gasteiger partial charge in [0.05, 0.1) is 18.8 Å². The minimum Gasteiger partial charge on any atom is -0.492 e. The highest BCUT2D eigenvalue weighted by Gasteiger charge is 2.35. The van der Waals surface area contributed by atoms with Crippen molar-refractivity contribution < 1.29 is 14.3 Å². The number of aromatic amines is 1. The number of benzene rings is 2. The summed E-state index contributed by atoms with van der Waals surface area (Å²) < 4.78 is 11.3. The van der Waals surface area contributed by atoms with E-state index in [1.807, 2.05) is 61.5 Å². The average Bonchev–Trinajstić information content (AvgIpc) is 3.27. The number of H-pyrrole nitrogens is 1. The molecule has 0 spiro atoms. The lowest BCUT2D eigenvalue weighted by atomic mass is 9.92. The van der Waals surface area contributed by atoms with E-state index in [0.717, 1.165) is 40.0 Å². The van der Waals surface area contributed by atoms with Gasteiger partial charge < -0.3 is 19.5 Å². The van der Waals surface area contributed by atoms with Crippen molar-refractivity contribution in [1.29, 1.82) is 0 Å². The van der Waals surface area contributed by atoms with Crippen molar-refractivity contribution in [2.75, 3.05) is 31.3 Å². The van der Waals surface area contributed by atoms with Gasteiger partial charge in [-0.05, 0) is 66.9 Å². The van der Waals surface area contributed by atoms with Crippen LogP contribution in [0, 0.1) is 0 Å². The molecule has 1 aliphatic heterocycles. The molecule has 5 rings (SSSR count). The summed E-state index contributed by atoms with van der Waals surface area (Å²) in [6, 6.07) is 17.0. The number of hydrogen-bond donors (Lipinski definition) is 2. The van der Waals surface area contributed by atoms with Crippen molar-refractivity contribution >= 4 is 34.3 Å². The molecule has 1 amide bonds. The van der Waals surface area contributed by atoms with Gasteiger partial charge in [0.2, 0.25) is 0 Å². The molecule has 4 aromatic rings. The van der Waals surface area contributed by atoms with E-state index in [0.29, 0.717) is 31.3 Å². The number of nitrogens with zero attached hydrogens (tertiary/aromatic N) is 3. The second-order valence-electron chi connectivity index (χ2n) is 8.57. The number of nitrogens with two attached hydrogens (primary N) is 1. The molecule has 3 heterocycles. The number of nitrogens with one attached hydrogen (secondary N) is 1. The van der Waals surface area contributed by atoms with Crippen LogP contribution in [0.25, 0.3) is 10.9 Å². The summed E-state index contributed by atoms with van der Waals surface area (Å²) in [5.74, 6) is 6.83. The van der Waals surface area contributed by atoms with Gasteiger partial charge in [-0.25, -0.2) is 10.6 Å². The van der Waals surface area contributed by atoms with Gasteiger partial charge in [-0.3, -0.25) is 9.88 Å². The van der Waals surface area contributed by atoms with Crippen LogP contribution in [0.1, 0.15) is 29.8 Å². The van der Waals surface area contributed by atoms with Gasteiger partial charge in [0, 0.05) is 40.6 Å². The number of carbonyl (C=O) groups is 1. The summed E-state index contributed by atoms with van der Waals surface area (Å²) in [5, 5.41) is 3.40. The first-order chi connectivity index (χ1) is 17.5. The van der Waals surface area contributed by atoms with Gasteiger partial charge in [-0.1, -0.05) is 23.7 Å². The molecule has 9 heteroatoms. The van der Waals surface area contributed by atoms with Crippen LogP contribution in [0.5, 0.6) is 5.75 Å². The molecule has 2 aromatic heterocycles. The third kappa shape index (κ3) is 4.82. The van der Waals surface area contributed by atoms with Crippen LogP contribution in [0.4, 0.5) is 10.5 Å². The number of anilines is 1. The minimum absolute atomic E-state index is 0.306. The first-order valence-corrected chi connectivity index (χ1v) is 12.3. The monoisotopic (exact) mass is 505 g/mol. The Kier molecular flexibility index (Phi) is 6.97. The fourth-order valence-electron chi connectivity index (χ4n) is 4.68. The largest absolute Gasteiger partial charge is 0.492 e. The van der Waals surface area contributed by atoms with Gasteiger partial charge in [0.25, 0.3) is 0 Å². The Morgan fingerprint density at radius 3 is 2.72 bits per heavy atom. The first-order valence-electron chi connectivity index (χ1n) is 11.9. The molecule has 0 saturated heterocycles. The van der Waals surface area contributed by atoms with E-state index in [4.69, 9.17) is 26.9 Å². The van der Waals surface area contributed by atoms with Crippen LogP contribution in [0.3, 0.4) is 0 Å². The van der Waals surface area contributed by atoms with Crippen molar-refractivity contribution in [3.05, 3.63) is 88.8 Å². The molecule has 2 aromatic carbocycles. The number of aromatic nitrogens is 2. The van der Waals surface area contributed by atoms with Crippen molar-refractivity contribution in [2.45, 2.75) is 19.4 Å². The van der Waals surface area contributed by atoms with Crippen LogP contribution in [-0.4, -0.2) is 47.3 Å². The predicted octanol–water partition coefficient (Wildman–Crippen LogP) is 5.08. The lowest BCUT2D eigenvalue weighted by molar-refractivity contribution is 0.0932. The Balaban J connectivity index is 1.37. The highest BCUT2D eigenvalue weighted by Crippen LogP contribution is 2.39. The van der Waals surface area contributed by atoms with Crippen molar-refractivity contribution in [1.82, 2.24) is 14.9 Å². The molecule has 36 heavy (non-hydrogen) atoms. The van der Waals surface area contributed by atoms with Crippen molar-refractivity contribution in [2.24, 2.45) is 5.84 Å². The smallest absolute Gasteiger partial charge is 0.410 e. The molecule has 0 aliphatic carbocycles. The van der Waals surface area contributed by atoms with Crippen molar-refractivity contribution in [3.63, 3.8) is 0 Å². The van der Waals surface area contributed by atoms with Gasteiger partial charge in [-0.15, -0.1) is 0 Å². The predicted molar refractivity (Wildman–Crippen MR) is 140 cm³/mol. The van der Waals surface area contributed by atoms with E-state index >= 15 is 0 Å². The number of hydrogen-bond acceptors (Lipinski definition) is 6. The number of halogens is 1. The maximum absolute atomic E-state index is 12.9. The van der Waals surface area contributed by atoms with Crippen LogP contribution >= 0.6 is 11.6 Å². The second kappa shape index (κ2) is 10.5. The highest BCUT2D eigenvalue weighted by molar-refractivity contribution is 6.31. The summed E-state index contributed by atoms with van der Waals surface area (Å²) in [7, 11) is 0. The summed E-state index contributed by atoms with van der Waals surface area (Å²) in [6.07, 6.45) is 3.79. The molecule has 0 fully saturated rings. The molecular formula is C27H28ClN5O3. The summed E-state index contributed by atoms with van der Waals surface area (Å²) in [6.45, 7) is 3.63. The lowest BCUT2D eigenvalue weighted by Gasteiger charge is -2.35. The summed E-state index contributed by atoms with van der Waals surface area (Å²) in [4.78, 5) is 22.2. The van der Waals surface area contributed by atoms with E-state index < -0.39 is 0 Å². The fourth-order valence-corrected chi connectivity index (χ4v) is 4.86. The zero-order valence-electron chi connectivity index (χ0n) is 20.0. The van der Waals surface area contributed by atoms with Gasteiger partial charge in [0.1, 0.15) is 18.4 Å². The molecule has 8 nitrogen and oxygen atoms in total. The molecule has 3 N–H and O–H groups in total. The molecule has 0 radical (unpaired) electrons. The summed E-state index contributed by atoms with van der Waals surface area (Å²) >= 11 is 6.28. The van der Waals surface area contributed by atoms with Crippen LogP contribution < -0.4 is 15.6 Å². The minimum atomic E-state index is -0.329. The number of pyridine rings is 1. The molecule has 1 unspecified atom stereocenters. The number of hydrazine groups is 1. The zero-order valence-corrected chi connectivity index (χ0v) is 20.7. The first kappa shape index (κ1) is 24.0. The Morgan fingerprint density at radius 2 is 1.97 bits per heavy atom. The van der Waals surface area contributed by atoms with E-state index in [9.17, 15) is 4.79 Å². The molecule has 0 saturated carbocycles.